The highest BCUT2D eigenvalue weighted by Crippen LogP contribution is 2.33. The maximum absolute atomic E-state index is 12.4. The number of rotatable bonds is 7. The zero-order valence-corrected chi connectivity index (χ0v) is 19.1. The van der Waals surface area contributed by atoms with Crippen molar-refractivity contribution in [3.05, 3.63) is 35.4 Å². The molecular weight excluding hydrogens is 382 g/mol. The molecule has 1 aromatic carbocycles. The standard InChI is InChI=1S/C24H37NO3S/c1-24(2,3)20-10-8-19(9-11-20)18-29-22-7-5-4-6-21(22)28-23(26)12-13-25-14-16-27-17-15-25/h8-11,21-22H,4-7,12-18H2,1-3H3/t21-,22-/m0/s1. The summed E-state index contributed by atoms with van der Waals surface area (Å²) in [5, 5.41) is 0.415. The summed E-state index contributed by atoms with van der Waals surface area (Å²) in [6, 6.07) is 9.00. The Bertz CT molecular complexity index is 635. The fourth-order valence-electron chi connectivity index (χ4n) is 3.99. The number of benzene rings is 1. The average Bonchev–Trinajstić information content (AvgIpc) is 2.72. The van der Waals surface area contributed by atoms with Crippen LogP contribution in [-0.2, 0) is 25.4 Å². The minimum atomic E-state index is -0.0384. The fraction of sp³-hybridized carbons (Fsp3) is 0.708. The molecule has 1 heterocycles. The highest BCUT2D eigenvalue weighted by atomic mass is 32.2. The molecule has 3 rings (SSSR count). The molecule has 0 radical (unpaired) electrons. The van der Waals surface area contributed by atoms with E-state index in [0.717, 1.165) is 51.4 Å². The number of esters is 1. The van der Waals surface area contributed by atoms with Crippen LogP contribution >= 0.6 is 11.8 Å². The summed E-state index contributed by atoms with van der Waals surface area (Å²) >= 11 is 1.96. The van der Waals surface area contributed by atoms with Gasteiger partial charge in [-0.3, -0.25) is 9.69 Å². The average molecular weight is 420 g/mol. The van der Waals surface area contributed by atoms with Crippen LogP contribution in [-0.4, -0.2) is 55.1 Å². The van der Waals surface area contributed by atoms with Gasteiger partial charge in [-0.25, -0.2) is 0 Å². The van der Waals surface area contributed by atoms with Crippen molar-refractivity contribution in [1.82, 2.24) is 4.90 Å². The minimum absolute atomic E-state index is 0.0384. The van der Waals surface area contributed by atoms with E-state index in [1.165, 1.54) is 24.0 Å². The first-order valence-corrected chi connectivity index (χ1v) is 12.2. The van der Waals surface area contributed by atoms with Gasteiger partial charge in [0.1, 0.15) is 6.10 Å². The van der Waals surface area contributed by atoms with E-state index in [2.05, 4.69) is 49.9 Å². The summed E-state index contributed by atoms with van der Waals surface area (Å²) in [6.45, 7) is 10.9. The normalized spacial score (nSPS) is 23.7. The molecule has 0 aromatic heterocycles. The number of hydrogen-bond donors (Lipinski definition) is 0. The molecule has 1 saturated carbocycles. The number of thioether (sulfide) groups is 1. The summed E-state index contributed by atoms with van der Waals surface area (Å²) in [4.78, 5) is 14.7. The topological polar surface area (TPSA) is 38.8 Å². The van der Waals surface area contributed by atoms with Crippen LogP contribution in [0.2, 0.25) is 0 Å². The molecule has 2 atom stereocenters. The molecule has 1 aliphatic carbocycles. The maximum Gasteiger partial charge on any atom is 0.307 e. The first-order valence-electron chi connectivity index (χ1n) is 11.1. The van der Waals surface area contributed by atoms with Crippen LogP contribution < -0.4 is 0 Å². The molecule has 5 heteroatoms. The van der Waals surface area contributed by atoms with E-state index in [-0.39, 0.29) is 17.5 Å². The summed E-state index contributed by atoms with van der Waals surface area (Å²) < 4.78 is 11.3. The Kier molecular flexibility index (Phi) is 8.45. The van der Waals surface area contributed by atoms with E-state index in [1.807, 2.05) is 11.8 Å². The SMILES string of the molecule is CC(C)(C)c1ccc(CS[C@H]2CCCC[C@@H]2OC(=O)CCN2CCOCC2)cc1. The van der Waals surface area contributed by atoms with Gasteiger partial charge in [0.05, 0.1) is 19.6 Å². The molecule has 1 saturated heterocycles. The summed E-state index contributed by atoms with van der Waals surface area (Å²) in [7, 11) is 0. The molecule has 0 N–H and O–H groups in total. The molecule has 162 valence electrons. The minimum Gasteiger partial charge on any atom is -0.461 e. The van der Waals surface area contributed by atoms with Crippen molar-refractivity contribution >= 4 is 17.7 Å². The van der Waals surface area contributed by atoms with Crippen LogP contribution in [0.5, 0.6) is 0 Å². The van der Waals surface area contributed by atoms with Gasteiger partial charge < -0.3 is 9.47 Å². The van der Waals surface area contributed by atoms with Gasteiger partial charge in [0.2, 0.25) is 0 Å². The van der Waals surface area contributed by atoms with Gasteiger partial charge in [0, 0.05) is 30.6 Å². The number of nitrogens with zero attached hydrogens (tertiary/aromatic N) is 1. The van der Waals surface area contributed by atoms with E-state index in [4.69, 9.17) is 9.47 Å². The molecule has 2 fully saturated rings. The van der Waals surface area contributed by atoms with Gasteiger partial charge in [-0.15, -0.1) is 11.8 Å². The molecule has 0 unspecified atom stereocenters. The number of hydrogen-bond acceptors (Lipinski definition) is 5. The summed E-state index contributed by atoms with van der Waals surface area (Å²) in [5.41, 5.74) is 2.91. The zero-order chi connectivity index (χ0) is 20.7. The van der Waals surface area contributed by atoms with Crippen LogP contribution in [0.4, 0.5) is 0 Å². The zero-order valence-electron chi connectivity index (χ0n) is 18.3. The molecule has 0 spiro atoms. The van der Waals surface area contributed by atoms with Crippen molar-refractivity contribution < 1.29 is 14.3 Å². The molecular formula is C24H37NO3S. The lowest BCUT2D eigenvalue weighted by atomic mass is 9.87. The largest absolute Gasteiger partial charge is 0.461 e. The third-order valence-electron chi connectivity index (χ3n) is 5.94. The van der Waals surface area contributed by atoms with Crippen LogP contribution in [0.3, 0.4) is 0 Å². The van der Waals surface area contributed by atoms with Crippen molar-refractivity contribution in [2.24, 2.45) is 0 Å². The maximum atomic E-state index is 12.4. The smallest absolute Gasteiger partial charge is 0.307 e. The second-order valence-corrected chi connectivity index (χ2v) is 10.5. The lowest BCUT2D eigenvalue weighted by Gasteiger charge is -2.31. The number of carbonyl (C=O) groups is 1. The van der Waals surface area contributed by atoms with E-state index in [0.29, 0.717) is 11.7 Å². The van der Waals surface area contributed by atoms with Crippen molar-refractivity contribution in [3.8, 4) is 0 Å². The summed E-state index contributed by atoms with van der Waals surface area (Å²) in [6.07, 6.45) is 5.11. The van der Waals surface area contributed by atoms with Crippen molar-refractivity contribution in [1.29, 1.82) is 0 Å². The van der Waals surface area contributed by atoms with Crippen LogP contribution in [0.1, 0.15) is 64.0 Å². The third kappa shape index (κ3) is 7.30. The van der Waals surface area contributed by atoms with Gasteiger partial charge >= 0.3 is 5.97 Å². The van der Waals surface area contributed by atoms with Crippen molar-refractivity contribution in [2.45, 2.75) is 75.4 Å². The second-order valence-electron chi connectivity index (χ2n) is 9.31. The first-order chi connectivity index (χ1) is 13.9. The van der Waals surface area contributed by atoms with E-state index >= 15 is 0 Å². The van der Waals surface area contributed by atoms with Crippen molar-refractivity contribution in [3.63, 3.8) is 0 Å². The first kappa shape index (κ1) is 22.6. The van der Waals surface area contributed by atoms with Crippen LogP contribution in [0.25, 0.3) is 0 Å². The predicted octanol–water partition coefficient (Wildman–Crippen LogP) is 4.79. The molecule has 1 aliphatic heterocycles. The van der Waals surface area contributed by atoms with Crippen LogP contribution in [0.15, 0.2) is 24.3 Å². The second kappa shape index (κ2) is 10.8. The summed E-state index contributed by atoms with van der Waals surface area (Å²) in [5.74, 6) is 0.945. The molecule has 29 heavy (non-hydrogen) atoms. The quantitative estimate of drug-likeness (QED) is 0.594. The van der Waals surface area contributed by atoms with Crippen LogP contribution in [0, 0.1) is 0 Å². The molecule has 1 aromatic rings. The fourth-order valence-corrected chi connectivity index (χ4v) is 5.33. The van der Waals surface area contributed by atoms with Crippen molar-refractivity contribution in [2.75, 3.05) is 32.8 Å². The van der Waals surface area contributed by atoms with E-state index < -0.39 is 0 Å². The Morgan fingerprint density at radius 2 is 1.83 bits per heavy atom. The van der Waals surface area contributed by atoms with E-state index in [9.17, 15) is 4.79 Å². The van der Waals surface area contributed by atoms with Gasteiger partial charge in [-0.05, 0) is 35.8 Å². The molecule has 2 aliphatic rings. The van der Waals surface area contributed by atoms with Gasteiger partial charge in [-0.2, -0.15) is 0 Å². The molecule has 0 bridgehead atoms. The Hall–Kier alpha value is -1.04. The predicted molar refractivity (Wildman–Crippen MR) is 120 cm³/mol. The highest BCUT2D eigenvalue weighted by Gasteiger charge is 2.29. The Balaban J connectivity index is 1.45. The molecule has 0 amide bonds. The Labute approximate surface area is 180 Å². The molecule has 4 nitrogen and oxygen atoms in total. The van der Waals surface area contributed by atoms with Gasteiger partial charge in [0.25, 0.3) is 0 Å². The highest BCUT2D eigenvalue weighted by molar-refractivity contribution is 7.99. The van der Waals surface area contributed by atoms with Gasteiger partial charge in [0.15, 0.2) is 0 Å². The van der Waals surface area contributed by atoms with Gasteiger partial charge in [-0.1, -0.05) is 51.5 Å². The monoisotopic (exact) mass is 419 g/mol. The Morgan fingerprint density at radius 3 is 2.52 bits per heavy atom. The Morgan fingerprint density at radius 1 is 1.14 bits per heavy atom. The lowest BCUT2D eigenvalue weighted by Crippen LogP contribution is -2.38. The third-order valence-corrected chi connectivity index (χ3v) is 7.41. The lowest BCUT2D eigenvalue weighted by molar-refractivity contribution is -0.150. The number of ether oxygens (including phenoxy) is 2. The van der Waals surface area contributed by atoms with E-state index in [1.54, 1.807) is 0 Å². The number of carbonyl (C=O) groups excluding carboxylic acids is 1. The number of morpholine rings is 1.